The smallest absolute Gasteiger partial charge is 0.142 e. The molecule has 0 aliphatic rings. The van der Waals surface area contributed by atoms with Crippen molar-refractivity contribution in [3.63, 3.8) is 0 Å². The average molecular weight is 349 g/mol. The van der Waals surface area contributed by atoms with Crippen LogP contribution in [-0.4, -0.2) is 7.11 Å². The second-order valence-corrected chi connectivity index (χ2v) is 5.66. The van der Waals surface area contributed by atoms with E-state index in [2.05, 4.69) is 5.32 Å². The first-order chi connectivity index (χ1) is 9.93. The third-order valence-corrected chi connectivity index (χ3v) is 4.06. The molecule has 0 aromatic heterocycles. The zero-order valence-corrected chi connectivity index (χ0v) is 13.7. The number of nitrogens with one attached hydrogen (secondary N) is 1. The summed E-state index contributed by atoms with van der Waals surface area (Å²) in [5.74, 6) is 0.0779. The van der Waals surface area contributed by atoms with Gasteiger partial charge in [-0.3, -0.25) is 0 Å². The summed E-state index contributed by atoms with van der Waals surface area (Å²) in [6.45, 7) is 1.84. The third kappa shape index (κ3) is 3.54. The van der Waals surface area contributed by atoms with Crippen LogP contribution in [0.2, 0.25) is 15.1 Å². The van der Waals surface area contributed by atoms with Crippen molar-refractivity contribution < 1.29 is 9.13 Å². The highest BCUT2D eigenvalue weighted by Gasteiger charge is 2.17. The fourth-order valence-electron chi connectivity index (χ4n) is 2.02. The predicted octanol–water partition coefficient (Wildman–Crippen LogP) is 5.97. The normalized spacial score (nSPS) is 12.1. The Balaban J connectivity index is 2.28. The molecule has 2 aromatic rings. The number of halogens is 4. The summed E-state index contributed by atoms with van der Waals surface area (Å²) in [6.07, 6.45) is 0. The fourth-order valence-corrected chi connectivity index (χ4v) is 2.97. The van der Waals surface area contributed by atoms with Crippen molar-refractivity contribution in [2.45, 2.75) is 13.0 Å². The van der Waals surface area contributed by atoms with E-state index in [-0.39, 0.29) is 11.1 Å². The Labute approximate surface area is 137 Å². The molecule has 0 radical (unpaired) electrons. The van der Waals surface area contributed by atoms with Gasteiger partial charge in [-0.1, -0.05) is 34.8 Å². The van der Waals surface area contributed by atoms with E-state index in [9.17, 15) is 4.39 Å². The molecule has 2 aromatic carbocycles. The molecular formula is C15H13Cl3FNO. The monoisotopic (exact) mass is 347 g/mol. The summed E-state index contributed by atoms with van der Waals surface area (Å²) < 4.78 is 18.7. The second-order valence-electron chi connectivity index (χ2n) is 4.47. The molecule has 21 heavy (non-hydrogen) atoms. The lowest BCUT2D eigenvalue weighted by molar-refractivity contribution is 0.415. The molecule has 0 aliphatic heterocycles. The van der Waals surface area contributed by atoms with E-state index >= 15 is 0 Å². The molecule has 0 aliphatic carbocycles. The van der Waals surface area contributed by atoms with Crippen LogP contribution in [0.5, 0.6) is 5.75 Å². The lowest BCUT2D eigenvalue weighted by Gasteiger charge is -2.19. The van der Waals surface area contributed by atoms with Crippen molar-refractivity contribution in [3.05, 3.63) is 56.8 Å². The van der Waals surface area contributed by atoms with E-state index in [1.54, 1.807) is 19.2 Å². The summed E-state index contributed by atoms with van der Waals surface area (Å²) >= 11 is 18.2. The highest BCUT2D eigenvalue weighted by atomic mass is 35.5. The molecule has 1 unspecified atom stereocenters. The van der Waals surface area contributed by atoms with Gasteiger partial charge >= 0.3 is 0 Å². The first-order valence-corrected chi connectivity index (χ1v) is 7.31. The van der Waals surface area contributed by atoms with Gasteiger partial charge in [0.25, 0.3) is 0 Å². The first kappa shape index (κ1) is 16.2. The van der Waals surface area contributed by atoms with Crippen molar-refractivity contribution in [2.24, 2.45) is 0 Å². The topological polar surface area (TPSA) is 21.3 Å². The van der Waals surface area contributed by atoms with Crippen molar-refractivity contribution in [1.82, 2.24) is 0 Å². The van der Waals surface area contributed by atoms with E-state index in [4.69, 9.17) is 39.5 Å². The Hall–Kier alpha value is -1.16. The first-order valence-electron chi connectivity index (χ1n) is 6.17. The highest BCUT2D eigenvalue weighted by molar-refractivity contribution is 6.36. The SMILES string of the molecule is COc1ccc(NC(C)c2c(Cl)ccc(F)c2Cl)cc1Cl. The zero-order chi connectivity index (χ0) is 15.6. The fraction of sp³-hybridized carbons (Fsp3) is 0.200. The van der Waals surface area contributed by atoms with Gasteiger partial charge in [-0.15, -0.1) is 0 Å². The molecule has 0 bridgehead atoms. The molecular weight excluding hydrogens is 336 g/mol. The molecule has 1 atom stereocenters. The van der Waals surface area contributed by atoms with E-state index in [0.717, 1.165) is 5.69 Å². The molecule has 1 N–H and O–H groups in total. The van der Waals surface area contributed by atoms with Gasteiger partial charge in [-0.05, 0) is 37.3 Å². The van der Waals surface area contributed by atoms with Gasteiger partial charge in [0.15, 0.2) is 0 Å². The molecule has 0 fully saturated rings. The van der Waals surface area contributed by atoms with Gasteiger partial charge in [0.1, 0.15) is 11.6 Å². The summed E-state index contributed by atoms with van der Waals surface area (Å²) in [5, 5.41) is 4.08. The van der Waals surface area contributed by atoms with Crippen LogP contribution in [0, 0.1) is 5.82 Å². The molecule has 6 heteroatoms. The van der Waals surface area contributed by atoms with Gasteiger partial charge in [0, 0.05) is 16.3 Å². The lowest BCUT2D eigenvalue weighted by Crippen LogP contribution is -2.08. The van der Waals surface area contributed by atoms with Crippen molar-refractivity contribution >= 4 is 40.5 Å². The van der Waals surface area contributed by atoms with Crippen molar-refractivity contribution in [2.75, 3.05) is 12.4 Å². The van der Waals surface area contributed by atoms with Crippen molar-refractivity contribution in [1.29, 1.82) is 0 Å². The molecule has 2 rings (SSSR count). The van der Waals surface area contributed by atoms with E-state index in [0.29, 0.717) is 21.4 Å². The van der Waals surface area contributed by atoms with Gasteiger partial charge in [-0.2, -0.15) is 0 Å². The maximum atomic E-state index is 13.6. The number of anilines is 1. The number of rotatable bonds is 4. The Morgan fingerprint density at radius 1 is 1.10 bits per heavy atom. The molecule has 0 amide bonds. The number of ether oxygens (including phenoxy) is 1. The number of hydrogen-bond donors (Lipinski definition) is 1. The summed E-state index contributed by atoms with van der Waals surface area (Å²) in [6, 6.07) is 7.71. The maximum Gasteiger partial charge on any atom is 0.142 e. The largest absolute Gasteiger partial charge is 0.495 e. The third-order valence-electron chi connectivity index (χ3n) is 3.05. The molecule has 0 saturated carbocycles. The Morgan fingerprint density at radius 2 is 1.81 bits per heavy atom. The van der Waals surface area contributed by atoms with Crippen molar-refractivity contribution in [3.8, 4) is 5.75 Å². The van der Waals surface area contributed by atoms with Crippen LogP contribution in [0.15, 0.2) is 30.3 Å². The Morgan fingerprint density at radius 3 is 2.43 bits per heavy atom. The Kier molecular flexibility index (Phi) is 5.20. The predicted molar refractivity (Wildman–Crippen MR) is 86.5 cm³/mol. The van der Waals surface area contributed by atoms with Crippen LogP contribution in [0.3, 0.4) is 0 Å². The van der Waals surface area contributed by atoms with Crippen LogP contribution in [0.25, 0.3) is 0 Å². The zero-order valence-electron chi connectivity index (χ0n) is 11.4. The molecule has 0 spiro atoms. The summed E-state index contributed by atoms with van der Waals surface area (Å²) in [7, 11) is 1.54. The van der Waals surface area contributed by atoms with Gasteiger partial charge < -0.3 is 10.1 Å². The molecule has 2 nitrogen and oxygen atoms in total. The molecule has 0 saturated heterocycles. The minimum absolute atomic E-state index is 0.0158. The standard InChI is InChI=1S/C15H13Cl3FNO/c1-8(14-10(16)4-5-12(19)15(14)18)20-9-3-6-13(21-2)11(17)7-9/h3-8,20H,1-2H3. The van der Waals surface area contributed by atoms with Gasteiger partial charge in [0.05, 0.1) is 23.2 Å². The second kappa shape index (κ2) is 6.73. The van der Waals surface area contributed by atoms with Crippen LogP contribution < -0.4 is 10.1 Å². The number of benzene rings is 2. The van der Waals surface area contributed by atoms with Crippen LogP contribution in [0.1, 0.15) is 18.5 Å². The number of hydrogen-bond acceptors (Lipinski definition) is 2. The molecule has 0 heterocycles. The summed E-state index contributed by atoms with van der Waals surface area (Å²) in [4.78, 5) is 0. The minimum Gasteiger partial charge on any atom is -0.495 e. The molecule has 112 valence electrons. The van der Waals surface area contributed by atoms with E-state index in [1.165, 1.54) is 12.1 Å². The number of methoxy groups -OCH3 is 1. The van der Waals surface area contributed by atoms with E-state index in [1.807, 2.05) is 13.0 Å². The lowest BCUT2D eigenvalue weighted by atomic mass is 10.1. The van der Waals surface area contributed by atoms with Crippen LogP contribution >= 0.6 is 34.8 Å². The van der Waals surface area contributed by atoms with Crippen LogP contribution in [-0.2, 0) is 0 Å². The van der Waals surface area contributed by atoms with Gasteiger partial charge in [0.2, 0.25) is 0 Å². The quantitative estimate of drug-likeness (QED) is 0.687. The van der Waals surface area contributed by atoms with Gasteiger partial charge in [-0.25, -0.2) is 4.39 Å². The minimum atomic E-state index is -0.502. The summed E-state index contributed by atoms with van der Waals surface area (Å²) in [5.41, 5.74) is 1.26. The van der Waals surface area contributed by atoms with Crippen LogP contribution in [0.4, 0.5) is 10.1 Å². The highest BCUT2D eigenvalue weighted by Crippen LogP contribution is 2.35. The van der Waals surface area contributed by atoms with E-state index < -0.39 is 5.82 Å². The average Bonchev–Trinajstić information content (AvgIpc) is 2.43. The Bertz CT molecular complexity index is 664. The maximum absolute atomic E-state index is 13.6.